The van der Waals surface area contributed by atoms with Gasteiger partial charge in [-0.05, 0) is 49.2 Å². The number of carbonyl (C=O) groups excluding carboxylic acids is 4. The Morgan fingerprint density at radius 3 is 2.33 bits per heavy atom. The Bertz CT molecular complexity index is 1020. The molecule has 1 N–H and O–H groups in total. The van der Waals surface area contributed by atoms with Crippen LogP contribution in [-0.2, 0) is 14.3 Å². The second kappa shape index (κ2) is 11.4. The summed E-state index contributed by atoms with van der Waals surface area (Å²) < 4.78 is 5.18. The Kier molecular flexibility index (Phi) is 8.35. The van der Waals surface area contributed by atoms with Gasteiger partial charge in [-0.1, -0.05) is 45.2 Å². The molecule has 0 fully saturated rings. The molecule has 2 aromatic carbocycles. The number of unbranched alkanes of at least 4 members (excludes halogenated alkanes) is 3. The van der Waals surface area contributed by atoms with Gasteiger partial charge in [0.2, 0.25) is 11.8 Å². The largest absolute Gasteiger partial charge is 0.462 e. The van der Waals surface area contributed by atoms with E-state index in [2.05, 4.69) is 12.2 Å². The maximum absolute atomic E-state index is 13.2. The summed E-state index contributed by atoms with van der Waals surface area (Å²) >= 11 is 0. The zero-order valence-electron chi connectivity index (χ0n) is 19.1. The monoisotopic (exact) mass is 450 g/mol. The number of ketones is 1. The van der Waals surface area contributed by atoms with Gasteiger partial charge in [-0.15, -0.1) is 0 Å². The van der Waals surface area contributed by atoms with Gasteiger partial charge < -0.3 is 15.0 Å². The van der Waals surface area contributed by atoms with E-state index in [1.54, 1.807) is 53.4 Å². The number of anilines is 2. The molecular weight excluding hydrogens is 420 g/mol. The number of nitrogens with one attached hydrogen (secondary N) is 1. The van der Waals surface area contributed by atoms with Crippen LogP contribution < -0.4 is 10.2 Å². The molecule has 7 heteroatoms. The molecule has 0 aliphatic carbocycles. The molecule has 1 atom stereocenters. The van der Waals surface area contributed by atoms with Crippen molar-refractivity contribution in [2.24, 2.45) is 5.92 Å². The van der Waals surface area contributed by atoms with E-state index < -0.39 is 29.5 Å². The highest BCUT2D eigenvalue weighted by molar-refractivity contribution is 6.32. The highest BCUT2D eigenvalue weighted by Gasteiger charge is 2.43. The maximum Gasteiger partial charge on any atom is 0.338 e. The molecule has 174 valence electrons. The van der Waals surface area contributed by atoms with E-state index in [9.17, 15) is 19.2 Å². The van der Waals surface area contributed by atoms with Crippen LogP contribution >= 0.6 is 0 Å². The predicted molar refractivity (Wildman–Crippen MR) is 126 cm³/mol. The lowest BCUT2D eigenvalue weighted by molar-refractivity contribution is -0.129. The van der Waals surface area contributed by atoms with Gasteiger partial charge in [0, 0.05) is 17.8 Å². The number of para-hydroxylation sites is 1. The van der Waals surface area contributed by atoms with Crippen LogP contribution in [0.15, 0.2) is 48.5 Å². The SMILES string of the molecule is CCCCCN1C(=O)C(C(=O)Nc2ccc(C(=O)OCCCC)cc2)C(=O)c2ccccc21. The molecule has 7 nitrogen and oxygen atoms in total. The van der Waals surface area contributed by atoms with E-state index in [1.165, 1.54) is 0 Å². The van der Waals surface area contributed by atoms with Crippen LogP contribution in [0.1, 0.15) is 66.7 Å². The lowest BCUT2D eigenvalue weighted by atomic mass is 9.89. The normalized spacial score (nSPS) is 15.2. The quantitative estimate of drug-likeness (QED) is 0.324. The number of nitrogens with zero attached hydrogens (tertiary/aromatic N) is 1. The number of esters is 1. The second-order valence-corrected chi connectivity index (χ2v) is 8.07. The first-order chi connectivity index (χ1) is 16.0. The van der Waals surface area contributed by atoms with Crippen molar-refractivity contribution in [2.45, 2.75) is 46.0 Å². The summed E-state index contributed by atoms with van der Waals surface area (Å²) in [5.74, 6) is -3.57. The number of amides is 2. The third-order valence-corrected chi connectivity index (χ3v) is 5.60. The van der Waals surface area contributed by atoms with Gasteiger partial charge in [-0.2, -0.15) is 0 Å². The van der Waals surface area contributed by atoms with Crippen molar-refractivity contribution in [3.8, 4) is 0 Å². The number of rotatable bonds is 10. The van der Waals surface area contributed by atoms with Crippen LogP contribution in [-0.4, -0.2) is 36.7 Å². The fraction of sp³-hybridized carbons (Fsp3) is 0.385. The zero-order valence-corrected chi connectivity index (χ0v) is 19.1. The molecule has 1 aliphatic heterocycles. The molecule has 0 aromatic heterocycles. The standard InChI is InChI=1S/C26H30N2O5/c1-3-5-9-16-28-21-11-8-7-10-20(21)23(29)22(25(28)31)24(30)27-19-14-12-18(13-15-19)26(32)33-17-6-4-2/h7-8,10-15,22H,3-6,9,16-17H2,1-2H3,(H,27,30). The van der Waals surface area contributed by atoms with E-state index in [1.807, 2.05) is 6.92 Å². The van der Waals surface area contributed by atoms with Crippen LogP contribution in [0.4, 0.5) is 11.4 Å². The summed E-state index contributed by atoms with van der Waals surface area (Å²) in [6, 6.07) is 13.1. The van der Waals surface area contributed by atoms with E-state index in [0.29, 0.717) is 35.7 Å². The van der Waals surface area contributed by atoms with Crippen molar-refractivity contribution in [3.05, 3.63) is 59.7 Å². The molecule has 0 saturated heterocycles. The van der Waals surface area contributed by atoms with Crippen LogP contribution in [0.5, 0.6) is 0 Å². The fourth-order valence-corrected chi connectivity index (χ4v) is 3.74. The van der Waals surface area contributed by atoms with Gasteiger partial charge >= 0.3 is 5.97 Å². The Morgan fingerprint density at radius 2 is 1.64 bits per heavy atom. The van der Waals surface area contributed by atoms with Crippen molar-refractivity contribution in [1.82, 2.24) is 0 Å². The Morgan fingerprint density at radius 1 is 0.939 bits per heavy atom. The number of hydrogen-bond acceptors (Lipinski definition) is 5. The van der Waals surface area contributed by atoms with E-state index in [4.69, 9.17) is 4.74 Å². The second-order valence-electron chi connectivity index (χ2n) is 8.07. The summed E-state index contributed by atoms with van der Waals surface area (Å²) in [7, 11) is 0. The van der Waals surface area contributed by atoms with Gasteiger partial charge in [-0.3, -0.25) is 14.4 Å². The van der Waals surface area contributed by atoms with Crippen LogP contribution in [0.2, 0.25) is 0 Å². The van der Waals surface area contributed by atoms with Crippen LogP contribution in [0.25, 0.3) is 0 Å². The maximum atomic E-state index is 13.2. The Labute approximate surface area is 194 Å². The minimum Gasteiger partial charge on any atom is -0.462 e. The third-order valence-electron chi connectivity index (χ3n) is 5.60. The Balaban J connectivity index is 1.74. The lowest BCUT2D eigenvalue weighted by Gasteiger charge is -2.32. The summed E-state index contributed by atoms with van der Waals surface area (Å²) in [5, 5.41) is 2.65. The van der Waals surface area contributed by atoms with Gasteiger partial charge in [0.05, 0.1) is 17.9 Å². The van der Waals surface area contributed by atoms with Gasteiger partial charge in [-0.25, -0.2) is 4.79 Å². The molecule has 1 unspecified atom stereocenters. The van der Waals surface area contributed by atoms with Gasteiger partial charge in [0.15, 0.2) is 11.7 Å². The molecule has 0 saturated carbocycles. The first-order valence-corrected chi connectivity index (χ1v) is 11.5. The number of fused-ring (bicyclic) bond motifs is 1. The van der Waals surface area contributed by atoms with Crippen molar-refractivity contribution in [3.63, 3.8) is 0 Å². The topological polar surface area (TPSA) is 92.8 Å². The predicted octanol–water partition coefficient (Wildman–Crippen LogP) is 4.62. The molecule has 0 radical (unpaired) electrons. The van der Waals surface area contributed by atoms with Gasteiger partial charge in [0.1, 0.15) is 0 Å². The number of carbonyl (C=O) groups is 4. The number of hydrogen-bond donors (Lipinski definition) is 1. The number of ether oxygens (including phenoxy) is 1. The van der Waals surface area contributed by atoms with Gasteiger partial charge in [0.25, 0.3) is 0 Å². The third kappa shape index (κ3) is 5.66. The van der Waals surface area contributed by atoms with Crippen molar-refractivity contribution in [2.75, 3.05) is 23.4 Å². The molecular formula is C26H30N2O5. The molecule has 2 amide bonds. The fourth-order valence-electron chi connectivity index (χ4n) is 3.74. The van der Waals surface area contributed by atoms with E-state index in [-0.39, 0.29) is 0 Å². The average Bonchev–Trinajstić information content (AvgIpc) is 2.82. The summed E-state index contributed by atoms with van der Waals surface area (Å²) in [6.45, 7) is 4.89. The zero-order chi connectivity index (χ0) is 23.8. The molecule has 0 spiro atoms. The summed E-state index contributed by atoms with van der Waals surface area (Å²) in [6.07, 6.45) is 4.45. The molecule has 2 aromatic rings. The lowest BCUT2D eigenvalue weighted by Crippen LogP contribution is -2.49. The van der Waals surface area contributed by atoms with Crippen molar-refractivity contribution >= 4 is 34.9 Å². The van der Waals surface area contributed by atoms with E-state index >= 15 is 0 Å². The molecule has 1 heterocycles. The average molecular weight is 451 g/mol. The minimum atomic E-state index is -1.44. The first kappa shape index (κ1) is 24.2. The van der Waals surface area contributed by atoms with Crippen molar-refractivity contribution < 1.29 is 23.9 Å². The van der Waals surface area contributed by atoms with Crippen LogP contribution in [0, 0.1) is 5.92 Å². The first-order valence-electron chi connectivity index (χ1n) is 11.5. The highest BCUT2D eigenvalue weighted by Crippen LogP contribution is 2.31. The molecule has 33 heavy (non-hydrogen) atoms. The van der Waals surface area contributed by atoms with Crippen LogP contribution in [0.3, 0.4) is 0 Å². The molecule has 1 aliphatic rings. The summed E-state index contributed by atoms with van der Waals surface area (Å²) in [4.78, 5) is 52.8. The number of benzene rings is 2. The number of Topliss-reactive ketones (excluding diaryl/α,β-unsaturated/α-hetero) is 1. The minimum absolute atomic E-state index is 0.357. The smallest absolute Gasteiger partial charge is 0.338 e. The Hall–Kier alpha value is -3.48. The highest BCUT2D eigenvalue weighted by atomic mass is 16.5. The molecule has 0 bridgehead atoms. The summed E-state index contributed by atoms with van der Waals surface area (Å²) in [5.41, 5.74) is 1.68. The van der Waals surface area contributed by atoms with Crippen molar-refractivity contribution in [1.29, 1.82) is 0 Å². The van der Waals surface area contributed by atoms with E-state index in [0.717, 1.165) is 32.1 Å². The molecule has 3 rings (SSSR count).